The van der Waals surface area contributed by atoms with Crippen molar-refractivity contribution in [3.8, 4) is 11.1 Å². The van der Waals surface area contributed by atoms with Crippen LogP contribution in [0.4, 0.5) is 17.1 Å². The van der Waals surface area contributed by atoms with Crippen LogP contribution >= 0.6 is 23.5 Å². The van der Waals surface area contributed by atoms with Crippen molar-refractivity contribution in [2.75, 3.05) is 4.90 Å². The predicted molar refractivity (Wildman–Crippen MR) is 251 cm³/mol. The Kier molecular flexibility index (Phi) is 7.07. The highest BCUT2D eigenvalue weighted by Gasteiger charge is 2.45. The molecule has 7 aromatic carbocycles. The zero-order chi connectivity index (χ0) is 39.6. The molecule has 0 atom stereocenters. The fraction of sp³-hybridized carbons (Fsp3) is 0.245. The summed E-state index contributed by atoms with van der Waals surface area (Å²) in [5, 5.41) is 5.30. The van der Waals surface area contributed by atoms with E-state index in [4.69, 9.17) is 0 Å². The second kappa shape index (κ2) is 11.7. The first-order chi connectivity index (χ1) is 27.8. The molecule has 4 aliphatic rings. The molecule has 2 nitrogen and oxygen atoms in total. The standard InChI is InChI=1S/C53H47BN2S2/c1-30-24-37-38(53(7,8)23-22-52(37,5)6)27-41(30)55-42-29-47-46(57-44-18-11-12-19-45(44)58-47)28-39(42)54-49-43(55)25-31-14-9-10-15-33(31)48(49)35-17-13-16-34-36-26-32(51(2,3)4)20-21-40(36)56(54)50(34)35/h9-21,24-29H,22-23H2,1-8H3. The Morgan fingerprint density at radius 3 is 2.02 bits per heavy atom. The number of nitrogens with zero attached hydrogens (tertiary/aromatic N) is 2. The van der Waals surface area contributed by atoms with E-state index in [1.165, 1.54) is 126 Å². The van der Waals surface area contributed by atoms with Gasteiger partial charge in [0.2, 0.25) is 0 Å². The molecule has 0 radical (unpaired) electrons. The molecule has 12 rings (SSSR count). The van der Waals surface area contributed by atoms with Crippen LogP contribution in [0.15, 0.2) is 135 Å². The molecule has 8 aromatic rings. The maximum absolute atomic E-state index is 2.73. The molecule has 1 aromatic heterocycles. The van der Waals surface area contributed by atoms with Crippen LogP contribution in [0.1, 0.15) is 83.6 Å². The topological polar surface area (TPSA) is 8.17 Å². The molecule has 0 fully saturated rings. The van der Waals surface area contributed by atoms with Crippen molar-refractivity contribution in [2.24, 2.45) is 0 Å². The van der Waals surface area contributed by atoms with Gasteiger partial charge in [0.25, 0.3) is 0 Å². The highest BCUT2D eigenvalue weighted by Crippen LogP contribution is 2.55. The van der Waals surface area contributed by atoms with Crippen molar-refractivity contribution in [1.82, 2.24) is 4.48 Å². The second-order valence-electron chi connectivity index (χ2n) is 19.7. The van der Waals surface area contributed by atoms with Gasteiger partial charge in [-0.15, -0.1) is 0 Å². The summed E-state index contributed by atoms with van der Waals surface area (Å²) in [6, 6.07) is 45.2. The number of benzene rings is 7. The Morgan fingerprint density at radius 1 is 0.603 bits per heavy atom. The van der Waals surface area contributed by atoms with E-state index in [-0.39, 0.29) is 23.1 Å². The van der Waals surface area contributed by atoms with E-state index in [2.05, 4.69) is 180 Å². The summed E-state index contributed by atoms with van der Waals surface area (Å²) in [5.41, 5.74) is 18.0. The second-order valence-corrected chi connectivity index (χ2v) is 21.8. The average molecular weight is 787 g/mol. The van der Waals surface area contributed by atoms with E-state index in [1.54, 1.807) is 0 Å². The molecule has 0 unspecified atom stereocenters. The summed E-state index contributed by atoms with van der Waals surface area (Å²) in [7, 11) is 0. The van der Waals surface area contributed by atoms with Crippen LogP contribution in [-0.2, 0) is 16.2 Å². The summed E-state index contributed by atoms with van der Waals surface area (Å²) in [6.45, 7) is 19.2. The number of aromatic nitrogens is 1. The minimum absolute atomic E-state index is 0.00220. The third kappa shape index (κ3) is 4.72. The highest BCUT2D eigenvalue weighted by atomic mass is 32.2. The number of hydrogen-bond acceptors (Lipinski definition) is 3. The first kappa shape index (κ1) is 35.1. The van der Waals surface area contributed by atoms with E-state index in [1.807, 2.05) is 23.5 Å². The van der Waals surface area contributed by atoms with Crippen molar-refractivity contribution in [3.63, 3.8) is 0 Å². The molecule has 5 heteroatoms. The molecule has 0 N–H and O–H groups in total. The molecule has 0 amide bonds. The lowest BCUT2D eigenvalue weighted by Crippen LogP contribution is -2.57. The van der Waals surface area contributed by atoms with Crippen molar-refractivity contribution in [1.29, 1.82) is 0 Å². The molecule has 1 aliphatic carbocycles. The number of anilines is 3. The lowest BCUT2D eigenvalue weighted by Gasteiger charge is -2.45. The fourth-order valence-corrected chi connectivity index (χ4v) is 13.2. The van der Waals surface area contributed by atoms with Crippen LogP contribution < -0.4 is 15.8 Å². The predicted octanol–water partition coefficient (Wildman–Crippen LogP) is 13.9. The van der Waals surface area contributed by atoms with Crippen LogP contribution in [0.5, 0.6) is 0 Å². The number of aryl methyl sites for hydroxylation is 1. The lowest BCUT2D eigenvalue weighted by atomic mass is 9.44. The Hall–Kier alpha value is -4.84. The van der Waals surface area contributed by atoms with Gasteiger partial charge in [-0.1, -0.05) is 139 Å². The van der Waals surface area contributed by atoms with Crippen LogP contribution in [0, 0.1) is 6.92 Å². The third-order valence-corrected chi connectivity index (χ3v) is 16.7. The van der Waals surface area contributed by atoms with Gasteiger partial charge in [0, 0.05) is 64.0 Å². The lowest BCUT2D eigenvalue weighted by molar-refractivity contribution is 0.332. The Balaban J connectivity index is 1.24. The van der Waals surface area contributed by atoms with Gasteiger partial charge in [0.05, 0.1) is 0 Å². The summed E-state index contributed by atoms with van der Waals surface area (Å²) >= 11 is 3.86. The van der Waals surface area contributed by atoms with Gasteiger partial charge in [0.1, 0.15) is 0 Å². The van der Waals surface area contributed by atoms with Crippen LogP contribution in [0.25, 0.3) is 43.7 Å². The minimum atomic E-state index is -0.00220. The van der Waals surface area contributed by atoms with Crippen molar-refractivity contribution in [3.05, 3.63) is 138 Å². The number of rotatable bonds is 1. The van der Waals surface area contributed by atoms with E-state index < -0.39 is 0 Å². The maximum Gasteiger partial charge on any atom is 0.333 e. The Bertz CT molecular complexity index is 3140. The summed E-state index contributed by atoms with van der Waals surface area (Å²) in [5.74, 6) is 0. The number of hydrogen-bond donors (Lipinski definition) is 0. The van der Waals surface area contributed by atoms with Gasteiger partial charge in [-0.05, 0) is 134 Å². The third-order valence-electron chi connectivity index (χ3n) is 14.1. The van der Waals surface area contributed by atoms with Gasteiger partial charge < -0.3 is 9.38 Å². The van der Waals surface area contributed by atoms with Crippen molar-refractivity contribution >= 4 is 90.9 Å². The molecule has 284 valence electrons. The average Bonchev–Trinajstić information content (AvgIpc) is 3.53. The van der Waals surface area contributed by atoms with Crippen LogP contribution in [-0.4, -0.2) is 11.3 Å². The van der Waals surface area contributed by atoms with Crippen LogP contribution in [0.3, 0.4) is 0 Å². The van der Waals surface area contributed by atoms with Crippen LogP contribution in [0.2, 0.25) is 0 Å². The normalized spacial score (nSPS) is 16.9. The molecular formula is C53H47BN2S2. The minimum Gasteiger partial charge on any atom is -0.375 e. The van der Waals surface area contributed by atoms with Gasteiger partial charge in [-0.2, -0.15) is 0 Å². The smallest absolute Gasteiger partial charge is 0.333 e. The first-order valence-electron chi connectivity index (χ1n) is 21.0. The highest BCUT2D eigenvalue weighted by molar-refractivity contribution is 8.05. The SMILES string of the molecule is Cc1cc2c(cc1N1c3cc4c(cc3B3c5c1cc1ccccc1c5-c1cccc5c6cc(C(C)(C)C)ccc6n3c15)Sc1ccccc1S4)C(C)(C)CCC2(C)C. The monoisotopic (exact) mass is 786 g/mol. The van der Waals surface area contributed by atoms with Gasteiger partial charge in [-0.25, -0.2) is 0 Å². The fourth-order valence-electron chi connectivity index (χ4n) is 10.9. The summed E-state index contributed by atoms with van der Waals surface area (Å²) in [6.07, 6.45) is 2.39. The summed E-state index contributed by atoms with van der Waals surface area (Å²) < 4.78 is 2.73. The Labute approximate surface area is 351 Å². The molecular weight excluding hydrogens is 740 g/mol. The van der Waals surface area contributed by atoms with E-state index >= 15 is 0 Å². The largest absolute Gasteiger partial charge is 0.375 e. The first-order valence-corrected chi connectivity index (χ1v) is 22.6. The zero-order valence-electron chi connectivity index (χ0n) is 34.7. The molecule has 0 spiro atoms. The quantitative estimate of drug-likeness (QED) is 0.153. The molecule has 4 heterocycles. The Morgan fingerprint density at radius 2 is 1.28 bits per heavy atom. The molecule has 58 heavy (non-hydrogen) atoms. The number of fused-ring (bicyclic) bond motifs is 12. The molecule has 0 saturated heterocycles. The van der Waals surface area contributed by atoms with E-state index in [9.17, 15) is 0 Å². The zero-order valence-corrected chi connectivity index (χ0v) is 36.3. The van der Waals surface area contributed by atoms with E-state index in [0.29, 0.717) is 0 Å². The molecule has 0 bridgehead atoms. The number of para-hydroxylation sites is 1. The van der Waals surface area contributed by atoms with Gasteiger partial charge >= 0.3 is 6.85 Å². The van der Waals surface area contributed by atoms with Gasteiger partial charge in [0.15, 0.2) is 0 Å². The summed E-state index contributed by atoms with van der Waals surface area (Å²) in [4.78, 5) is 8.05. The molecule has 0 saturated carbocycles. The van der Waals surface area contributed by atoms with Crippen molar-refractivity contribution in [2.45, 2.75) is 104 Å². The maximum atomic E-state index is 2.73. The van der Waals surface area contributed by atoms with Gasteiger partial charge in [-0.3, -0.25) is 0 Å². The van der Waals surface area contributed by atoms with E-state index in [0.717, 1.165) is 0 Å². The molecule has 3 aliphatic heterocycles. The van der Waals surface area contributed by atoms with Crippen molar-refractivity contribution < 1.29 is 0 Å².